The van der Waals surface area contributed by atoms with Gasteiger partial charge in [0.1, 0.15) is 11.4 Å². The molecule has 11 heteroatoms. The molecule has 8 bridgehead atoms. The van der Waals surface area contributed by atoms with Crippen LogP contribution in [-0.2, 0) is 42.5 Å². The number of H-pyrrole nitrogens is 1. The van der Waals surface area contributed by atoms with E-state index in [0.717, 1.165) is 83.3 Å². The number of methoxy groups -OCH3 is 1. The number of esters is 1. The van der Waals surface area contributed by atoms with E-state index in [1.54, 1.807) is 23.5 Å². The van der Waals surface area contributed by atoms with Crippen molar-refractivity contribution in [2.45, 2.75) is 41.9 Å². The summed E-state index contributed by atoms with van der Waals surface area (Å²) in [5.74, 6) is 2.67. The van der Waals surface area contributed by atoms with Crippen LogP contribution >= 0.6 is 35.1 Å². The fraction of sp³-hybridized carbons (Fsp3) is 0.286. The number of hydrogen-bond acceptors (Lipinski definition) is 7. The molecule has 0 saturated heterocycles. The molecule has 0 unspecified atom stereocenters. The van der Waals surface area contributed by atoms with Crippen LogP contribution in [0.3, 0.4) is 0 Å². The molecule has 236 valence electrons. The molecule has 1 aliphatic rings. The topological polar surface area (TPSA) is 87.0 Å². The molecule has 1 N–H and O–H groups in total. The van der Waals surface area contributed by atoms with E-state index in [9.17, 15) is 4.79 Å². The van der Waals surface area contributed by atoms with Gasteiger partial charge in [0.05, 0.1) is 35.6 Å². The molecule has 6 aromatic rings. The molecule has 0 saturated carbocycles. The number of aryl methyl sites for hydroxylation is 3. The van der Waals surface area contributed by atoms with Crippen molar-refractivity contribution in [2.75, 3.05) is 13.7 Å². The first-order valence-electron chi connectivity index (χ1n) is 15.1. The van der Waals surface area contributed by atoms with Gasteiger partial charge in [-0.2, -0.15) is 10.2 Å². The second-order valence-corrected chi connectivity index (χ2v) is 13.9. The summed E-state index contributed by atoms with van der Waals surface area (Å²) in [7, 11) is 5.30. The van der Waals surface area contributed by atoms with Crippen molar-refractivity contribution in [1.29, 1.82) is 0 Å². The van der Waals surface area contributed by atoms with E-state index in [4.69, 9.17) is 26.2 Å². The van der Waals surface area contributed by atoms with Gasteiger partial charge in [-0.25, -0.2) is 4.79 Å². The summed E-state index contributed by atoms with van der Waals surface area (Å²) < 4.78 is 15.6. The van der Waals surface area contributed by atoms with E-state index in [1.807, 2.05) is 41.5 Å². The maximum absolute atomic E-state index is 13.3. The number of hydrogen-bond donors (Lipinski definition) is 1. The molecule has 1 aliphatic heterocycles. The Hall–Kier alpha value is -3.86. The van der Waals surface area contributed by atoms with Crippen LogP contribution in [-0.4, -0.2) is 44.2 Å². The Balaban J connectivity index is 1.36. The molecule has 0 atom stereocenters. The minimum absolute atomic E-state index is 0.375. The van der Waals surface area contributed by atoms with Crippen molar-refractivity contribution in [1.82, 2.24) is 24.5 Å². The Bertz CT molecular complexity index is 2110. The van der Waals surface area contributed by atoms with Crippen molar-refractivity contribution in [3.05, 3.63) is 93.7 Å². The third kappa shape index (κ3) is 5.56. The van der Waals surface area contributed by atoms with E-state index >= 15 is 0 Å². The highest BCUT2D eigenvalue weighted by Gasteiger charge is 2.27. The Morgan fingerprint density at radius 3 is 2.74 bits per heavy atom. The van der Waals surface area contributed by atoms with Crippen molar-refractivity contribution in [3.8, 4) is 16.9 Å². The Kier molecular flexibility index (Phi) is 8.52. The minimum Gasteiger partial charge on any atom is -0.493 e. The van der Waals surface area contributed by atoms with Gasteiger partial charge in [0, 0.05) is 69.5 Å². The molecular formula is C35H34ClN5O3S2. The summed E-state index contributed by atoms with van der Waals surface area (Å²) in [6.45, 7) is 2.55. The van der Waals surface area contributed by atoms with Crippen LogP contribution in [0.25, 0.3) is 32.8 Å². The zero-order valence-corrected chi connectivity index (χ0v) is 28.5. The predicted molar refractivity (Wildman–Crippen MR) is 187 cm³/mol. The fourth-order valence-electron chi connectivity index (χ4n) is 6.41. The number of rotatable bonds is 1. The first-order valence-corrected chi connectivity index (χ1v) is 17.7. The maximum Gasteiger partial charge on any atom is 0.354 e. The van der Waals surface area contributed by atoms with Crippen LogP contribution in [0.1, 0.15) is 45.2 Å². The molecule has 3 aromatic heterocycles. The van der Waals surface area contributed by atoms with Crippen LogP contribution in [0.15, 0.2) is 59.5 Å². The molecule has 0 aliphatic carbocycles. The normalized spacial score (nSPS) is 14.2. The zero-order valence-electron chi connectivity index (χ0n) is 26.1. The van der Waals surface area contributed by atoms with Gasteiger partial charge in [-0.05, 0) is 55.0 Å². The summed E-state index contributed by atoms with van der Waals surface area (Å²) in [6.07, 6.45) is 1.34. The van der Waals surface area contributed by atoms with Crippen molar-refractivity contribution >= 4 is 62.8 Å². The molecule has 3 aromatic carbocycles. The molecule has 0 spiro atoms. The third-order valence-electron chi connectivity index (χ3n) is 8.64. The van der Waals surface area contributed by atoms with Gasteiger partial charge < -0.3 is 14.0 Å². The van der Waals surface area contributed by atoms with Crippen LogP contribution < -0.4 is 4.74 Å². The summed E-state index contributed by atoms with van der Waals surface area (Å²) >= 11 is 10.5. The maximum atomic E-state index is 13.3. The smallest absolute Gasteiger partial charge is 0.354 e. The van der Waals surface area contributed by atoms with E-state index in [2.05, 4.69) is 53.5 Å². The largest absolute Gasteiger partial charge is 0.493 e. The Morgan fingerprint density at radius 2 is 1.89 bits per heavy atom. The number of benzene rings is 3. The number of carbonyl (C=O) groups is 1. The molecular weight excluding hydrogens is 638 g/mol. The number of nitrogens with one attached hydrogen (secondary N) is 1. The van der Waals surface area contributed by atoms with Gasteiger partial charge >= 0.3 is 5.97 Å². The van der Waals surface area contributed by atoms with Crippen LogP contribution in [0.2, 0.25) is 5.02 Å². The molecule has 0 amide bonds. The molecule has 8 nitrogen and oxygen atoms in total. The molecule has 4 heterocycles. The van der Waals surface area contributed by atoms with Gasteiger partial charge in [-0.15, -0.1) is 23.5 Å². The number of carbonyl (C=O) groups excluding carboxylic acids is 1. The second-order valence-electron chi connectivity index (χ2n) is 11.5. The second kappa shape index (κ2) is 12.7. The number of nitrogens with zero attached hydrogens (tertiary/aromatic N) is 4. The van der Waals surface area contributed by atoms with E-state index < -0.39 is 0 Å². The number of thioether (sulfide) groups is 2. The fourth-order valence-corrected chi connectivity index (χ4v) is 8.38. The lowest BCUT2D eigenvalue weighted by Gasteiger charge is -2.12. The average molecular weight is 672 g/mol. The summed E-state index contributed by atoms with van der Waals surface area (Å²) in [6, 6.07) is 18.7. The van der Waals surface area contributed by atoms with Crippen LogP contribution in [0, 0.1) is 6.92 Å². The number of aromatic amines is 1. The van der Waals surface area contributed by atoms with Gasteiger partial charge in [0.15, 0.2) is 0 Å². The number of halogens is 1. The SMILES string of the molecule is COC(=O)c1c2c3ccc(Cl)c(c3n1C)-c1c(nn(C)c1C)CSCc1cc(n[nH]1)CSc1cc(c3ccccc3c1)OCCC2. The lowest BCUT2D eigenvalue weighted by molar-refractivity contribution is 0.0589. The molecule has 0 radical (unpaired) electrons. The molecule has 7 rings (SSSR count). The van der Waals surface area contributed by atoms with Gasteiger partial charge in [-0.3, -0.25) is 9.78 Å². The third-order valence-corrected chi connectivity index (χ3v) is 11.0. The van der Waals surface area contributed by atoms with Crippen molar-refractivity contribution in [3.63, 3.8) is 0 Å². The zero-order chi connectivity index (χ0) is 31.9. The first-order chi connectivity index (χ1) is 22.3. The number of fused-ring (bicyclic) bond motifs is 8. The highest BCUT2D eigenvalue weighted by atomic mass is 35.5. The quantitative estimate of drug-likeness (QED) is 0.176. The van der Waals surface area contributed by atoms with Gasteiger partial charge in [0.2, 0.25) is 0 Å². The van der Waals surface area contributed by atoms with Crippen molar-refractivity contribution in [2.24, 2.45) is 14.1 Å². The summed E-state index contributed by atoms with van der Waals surface area (Å²) in [5.41, 5.74) is 8.26. The van der Waals surface area contributed by atoms with E-state index in [0.29, 0.717) is 35.9 Å². The monoisotopic (exact) mass is 671 g/mol. The standard InChI is InChI=1S/C35H34ClN5O3S2/c1-20-31-29(39-41(20)3)19-45-17-22-15-23(38-37-22)18-46-24-14-21-8-5-6-9-25(21)30(16-24)44-13-7-10-26-27-11-12-28(36)32(31)33(27)40(2)34(26)35(42)43-4/h5-6,8-9,11-12,14-16H,7,10,13,17-19H2,1-4H3,(H,37,38). The van der Waals surface area contributed by atoms with Gasteiger partial charge in [0.25, 0.3) is 0 Å². The van der Waals surface area contributed by atoms with E-state index in [1.165, 1.54) is 7.11 Å². The van der Waals surface area contributed by atoms with Crippen LogP contribution in [0.4, 0.5) is 0 Å². The molecule has 0 fully saturated rings. The Labute approximate surface area is 280 Å². The number of ether oxygens (including phenoxy) is 2. The lowest BCUT2D eigenvalue weighted by atomic mass is 9.98. The molecule has 46 heavy (non-hydrogen) atoms. The average Bonchev–Trinajstić information content (AvgIpc) is 3.71. The highest BCUT2D eigenvalue weighted by molar-refractivity contribution is 7.98. The minimum atomic E-state index is -0.375. The number of aromatic nitrogens is 5. The van der Waals surface area contributed by atoms with E-state index in [-0.39, 0.29) is 5.97 Å². The summed E-state index contributed by atoms with van der Waals surface area (Å²) in [5, 5.41) is 16.5. The lowest BCUT2D eigenvalue weighted by Crippen LogP contribution is -2.11. The highest BCUT2D eigenvalue weighted by Crippen LogP contribution is 2.43. The predicted octanol–water partition coefficient (Wildman–Crippen LogP) is 8.25. The van der Waals surface area contributed by atoms with Crippen LogP contribution in [0.5, 0.6) is 5.75 Å². The van der Waals surface area contributed by atoms with Crippen molar-refractivity contribution < 1.29 is 14.3 Å². The van der Waals surface area contributed by atoms with Gasteiger partial charge in [-0.1, -0.05) is 41.9 Å². The first kappa shape index (κ1) is 30.8. The Morgan fingerprint density at radius 1 is 1.04 bits per heavy atom. The summed E-state index contributed by atoms with van der Waals surface area (Å²) in [4.78, 5) is 14.4.